The van der Waals surface area contributed by atoms with E-state index in [2.05, 4.69) is 6.92 Å². The van der Waals surface area contributed by atoms with E-state index in [0.29, 0.717) is 11.1 Å². The Morgan fingerprint density at radius 3 is 2.47 bits per heavy atom. The van der Waals surface area contributed by atoms with Gasteiger partial charge in [0.25, 0.3) is 0 Å². The average molecular weight is 240 g/mol. The van der Waals surface area contributed by atoms with Crippen LogP contribution < -0.4 is 0 Å². The third kappa shape index (κ3) is 2.67. The highest BCUT2D eigenvalue weighted by Gasteiger charge is 2.28. The normalized spacial score (nSPS) is 17.4. The van der Waals surface area contributed by atoms with Crippen LogP contribution in [0, 0.1) is 18.6 Å². The minimum atomic E-state index is -0.656. The van der Waals surface area contributed by atoms with E-state index in [1.165, 1.54) is 0 Å². The van der Waals surface area contributed by atoms with Gasteiger partial charge in [-0.3, -0.25) is 0 Å². The molecule has 0 bridgehead atoms. The summed E-state index contributed by atoms with van der Waals surface area (Å²) in [6.07, 6.45) is 3.87. The molecule has 0 aliphatic heterocycles. The van der Waals surface area contributed by atoms with E-state index in [-0.39, 0.29) is 5.92 Å². The summed E-state index contributed by atoms with van der Waals surface area (Å²) < 4.78 is 27.2. The van der Waals surface area contributed by atoms with Crippen molar-refractivity contribution < 1.29 is 8.78 Å². The summed E-state index contributed by atoms with van der Waals surface area (Å²) in [6, 6.07) is 1.81. The van der Waals surface area contributed by atoms with Crippen LogP contribution in [0.25, 0.3) is 0 Å². The second kappa shape index (κ2) is 6.13. The van der Waals surface area contributed by atoms with Gasteiger partial charge in [-0.15, -0.1) is 0 Å². The van der Waals surface area contributed by atoms with Crippen molar-refractivity contribution in [3.63, 3.8) is 0 Å². The first kappa shape index (κ1) is 14.1. The molecule has 17 heavy (non-hydrogen) atoms. The van der Waals surface area contributed by atoms with Gasteiger partial charge in [-0.1, -0.05) is 33.3 Å². The standard InChI is InChI=1S/C13H16F2.C2H6/c1-3-4-9-5-6-10-7-8(2)12(14)13(15)11(9)10;1-2/h7,9H,3-6H2,1-2H3;1-2H3. The van der Waals surface area contributed by atoms with E-state index in [1.807, 2.05) is 19.9 Å². The minimum Gasteiger partial charge on any atom is -0.203 e. The zero-order valence-corrected chi connectivity index (χ0v) is 11.2. The summed E-state index contributed by atoms with van der Waals surface area (Å²) in [6.45, 7) is 7.71. The molecule has 0 N–H and O–H groups in total. The second-order valence-electron chi connectivity index (χ2n) is 4.42. The predicted molar refractivity (Wildman–Crippen MR) is 68.4 cm³/mol. The molecule has 0 saturated heterocycles. The largest absolute Gasteiger partial charge is 0.203 e. The molecule has 0 fully saturated rings. The van der Waals surface area contributed by atoms with Gasteiger partial charge in [0.1, 0.15) is 0 Å². The van der Waals surface area contributed by atoms with Crippen molar-refractivity contribution in [1.29, 1.82) is 0 Å². The van der Waals surface area contributed by atoms with Crippen molar-refractivity contribution in [2.24, 2.45) is 0 Å². The van der Waals surface area contributed by atoms with Gasteiger partial charge in [-0.25, -0.2) is 8.78 Å². The molecule has 1 aliphatic carbocycles. The Hall–Kier alpha value is -0.920. The number of hydrogen-bond acceptors (Lipinski definition) is 0. The zero-order chi connectivity index (χ0) is 13.0. The first-order valence-electron chi connectivity index (χ1n) is 6.62. The summed E-state index contributed by atoms with van der Waals surface area (Å²) in [5.41, 5.74) is 2.10. The maximum absolute atomic E-state index is 13.8. The van der Waals surface area contributed by atoms with E-state index >= 15 is 0 Å². The number of halogens is 2. The summed E-state index contributed by atoms with van der Waals surface area (Å²) in [4.78, 5) is 0. The predicted octanol–water partition coefficient (Wildman–Crippen LogP) is 5.13. The molecule has 96 valence electrons. The third-order valence-electron chi connectivity index (χ3n) is 3.32. The molecule has 1 unspecified atom stereocenters. The fraction of sp³-hybridized carbons (Fsp3) is 0.600. The summed E-state index contributed by atoms with van der Waals surface area (Å²) in [5.74, 6) is -1.02. The number of benzene rings is 1. The zero-order valence-electron chi connectivity index (χ0n) is 11.2. The SMILES string of the molecule is CC.CCCC1CCc2cc(C)c(F)c(F)c21. The highest BCUT2D eigenvalue weighted by atomic mass is 19.2. The number of fused-ring (bicyclic) bond motifs is 1. The van der Waals surface area contributed by atoms with Gasteiger partial charge in [0, 0.05) is 0 Å². The van der Waals surface area contributed by atoms with Crippen molar-refractivity contribution in [3.8, 4) is 0 Å². The molecule has 0 heterocycles. The van der Waals surface area contributed by atoms with Crippen molar-refractivity contribution in [2.45, 2.75) is 59.3 Å². The molecule has 2 rings (SSSR count). The fourth-order valence-corrected chi connectivity index (χ4v) is 2.59. The molecule has 2 heteroatoms. The lowest BCUT2D eigenvalue weighted by molar-refractivity contribution is 0.480. The van der Waals surface area contributed by atoms with Crippen LogP contribution in [0.5, 0.6) is 0 Å². The van der Waals surface area contributed by atoms with Crippen molar-refractivity contribution in [2.75, 3.05) is 0 Å². The van der Waals surface area contributed by atoms with Crippen LogP contribution in [-0.2, 0) is 6.42 Å². The van der Waals surface area contributed by atoms with Crippen molar-refractivity contribution >= 4 is 0 Å². The molecule has 1 aliphatic rings. The van der Waals surface area contributed by atoms with Gasteiger partial charge in [0.2, 0.25) is 0 Å². The fourth-order valence-electron chi connectivity index (χ4n) is 2.59. The summed E-state index contributed by atoms with van der Waals surface area (Å²) in [7, 11) is 0. The summed E-state index contributed by atoms with van der Waals surface area (Å²) in [5, 5.41) is 0. The molecule has 1 aromatic rings. The Bertz CT molecular complexity index is 383. The number of rotatable bonds is 2. The first-order valence-corrected chi connectivity index (χ1v) is 6.62. The van der Waals surface area contributed by atoms with Crippen LogP contribution in [0.15, 0.2) is 6.07 Å². The molecule has 0 radical (unpaired) electrons. The third-order valence-corrected chi connectivity index (χ3v) is 3.32. The molecule has 0 nitrogen and oxygen atoms in total. The number of hydrogen-bond donors (Lipinski definition) is 0. The van der Waals surface area contributed by atoms with Crippen molar-refractivity contribution in [3.05, 3.63) is 34.4 Å². The van der Waals surface area contributed by atoms with Crippen LogP contribution in [0.4, 0.5) is 8.78 Å². The second-order valence-corrected chi connectivity index (χ2v) is 4.42. The quantitative estimate of drug-likeness (QED) is 0.672. The lowest BCUT2D eigenvalue weighted by Crippen LogP contribution is -2.01. The van der Waals surface area contributed by atoms with Gasteiger partial charge >= 0.3 is 0 Å². The molecule has 1 aromatic carbocycles. The van der Waals surface area contributed by atoms with Crippen LogP contribution in [0.1, 0.15) is 62.6 Å². The van der Waals surface area contributed by atoms with Gasteiger partial charge in [-0.2, -0.15) is 0 Å². The lowest BCUT2D eigenvalue weighted by atomic mass is 9.95. The van der Waals surface area contributed by atoms with Gasteiger partial charge in [-0.05, 0) is 48.8 Å². The topological polar surface area (TPSA) is 0 Å². The molecule has 0 amide bonds. The monoisotopic (exact) mass is 240 g/mol. The van der Waals surface area contributed by atoms with Crippen LogP contribution in [0.3, 0.4) is 0 Å². The molecule has 0 saturated carbocycles. The average Bonchev–Trinajstić information content (AvgIpc) is 2.72. The van der Waals surface area contributed by atoms with Crippen LogP contribution >= 0.6 is 0 Å². The Balaban J connectivity index is 0.000000686. The van der Waals surface area contributed by atoms with Crippen LogP contribution in [0.2, 0.25) is 0 Å². The Morgan fingerprint density at radius 2 is 1.88 bits per heavy atom. The highest BCUT2D eigenvalue weighted by Crippen LogP contribution is 2.39. The molecule has 0 spiro atoms. The van der Waals surface area contributed by atoms with Crippen LogP contribution in [-0.4, -0.2) is 0 Å². The Kier molecular flexibility index (Phi) is 5.10. The Labute approximate surface area is 103 Å². The van der Waals surface area contributed by atoms with E-state index in [9.17, 15) is 8.78 Å². The van der Waals surface area contributed by atoms with Crippen molar-refractivity contribution in [1.82, 2.24) is 0 Å². The minimum absolute atomic E-state index is 0.236. The lowest BCUT2D eigenvalue weighted by Gasteiger charge is -2.12. The smallest absolute Gasteiger partial charge is 0.162 e. The van der Waals surface area contributed by atoms with E-state index < -0.39 is 11.6 Å². The summed E-state index contributed by atoms with van der Waals surface area (Å²) >= 11 is 0. The molecular formula is C15H22F2. The number of aryl methyl sites for hydroxylation is 2. The van der Waals surface area contributed by atoms with E-state index in [4.69, 9.17) is 0 Å². The maximum Gasteiger partial charge on any atom is 0.162 e. The highest BCUT2D eigenvalue weighted by molar-refractivity contribution is 5.40. The molecule has 1 atom stereocenters. The molecule has 0 aromatic heterocycles. The van der Waals surface area contributed by atoms with E-state index in [0.717, 1.165) is 31.2 Å². The first-order chi connectivity index (χ1) is 8.15. The van der Waals surface area contributed by atoms with Gasteiger partial charge < -0.3 is 0 Å². The maximum atomic E-state index is 13.8. The molecular weight excluding hydrogens is 218 g/mol. The Morgan fingerprint density at radius 1 is 1.24 bits per heavy atom. The van der Waals surface area contributed by atoms with Gasteiger partial charge in [0.15, 0.2) is 11.6 Å². The van der Waals surface area contributed by atoms with Gasteiger partial charge in [0.05, 0.1) is 0 Å². The van der Waals surface area contributed by atoms with E-state index in [1.54, 1.807) is 6.92 Å².